The van der Waals surface area contributed by atoms with Gasteiger partial charge in [0.25, 0.3) is 0 Å². The average molecular weight is 497 g/mol. The summed E-state index contributed by atoms with van der Waals surface area (Å²) in [5.74, 6) is 1.24. The number of carbonyl (C=O) groups excluding carboxylic acids is 1. The van der Waals surface area contributed by atoms with Crippen LogP contribution < -0.4 is 14.4 Å². The molecule has 1 aliphatic carbocycles. The number of aromatic nitrogens is 2. The number of aryl methyl sites for hydroxylation is 2. The third-order valence-corrected chi connectivity index (χ3v) is 7.22. The Morgan fingerprint density at radius 3 is 2.71 bits per heavy atom. The van der Waals surface area contributed by atoms with E-state index in [4.69, 9.17) is 4.74 Å². The molecule has 2 unspecified atom stereocenters. The molecule has 0 spiro atoms. The van der Waals surface area contributed by atoms with E-state index in [9.17, 15) is 13.2 Å². The molecule has 1 N–H and O–H groups in total. The summed E-state index contributed by atoms with van der Waals surface area (Å²) in [6.07, 6.45) is 6.27. The highest BCUT2D eigenvalue weighted by molar-refractivity contribution is 7.74. The molecule has 8 nitrogen and oxygen atoms in total. The van der Waals surface area contributed by atoms with E-state index in [1.807, 2.05) is 31.2 Å². The summed E-state index contributed by atoms with van der Waals surface area (Å²) in [6, 6.07) is 16.4. The number of nitrogens with zero attached hydrogens (tertiary/aromatic N) is 3. The maximum atomic E-state index is 12.2. The number of thiol groups is 1. The second kappa shape index (κ2) is 11.4. The summed E-state index contributed by atoms with van der Waals surface area (Å²) in [4.78, 5) is 16.4. The largest absolute Gasteiger partial charge is 0.492 e. The molecule has 0 radical (unpaired) electrons. The summed E-state index contributed by atoms with van der Waals surface area (Å²) in [7, 11) is -1.04. The predicted molar refractivity (Wildman–Crippen MR) is 136 cm³/mol. The lowest BCUT2D eigenvalue weighted by Gasteiger charge is -2.35. The van der Waals surface area contributed by atoms with Crippen molar-refractivity contribution in [2.75, 3.05) is 17.5 Å². The molecule has 2 aromatic carbocycles. The first-order chi connectivity index (χ1) is 16.9. The van der Waals surface area contributed by atoms with E-state index in [0.29, 0.717) is 18.0 Å². The van der Waals surface area contributed by atoms with Gasteiger partial charge in [-0.25, -0.2) is 13.4 Å². The van der Waals surface area contributed by atoms with E-state index in [-0.39, 0.29) is 31.0 Å². The summed E-state index contributed by atoms with van der Waals surface area (Å²) in [6.45, 7) is 2.22. The maximum Gasteiger partial charge on any atom is 0.226 e. The van der Waals surface area contributed by atoms with E-state index in [0.717, 1.165) is 19.3 Å². The van der Waals surface area contributed by atoms with E-state index in [2.05, 4.69) is 34.6 Å². The molecule has 1 amide bonds. The summed E-state index contributed by atoms with van der Waals surface area (Å²) >= 11 is 0. The lowest BCUT2D eigenvalue weighted by atomic mass is 9.76. The first-order valence-corrected chi connectivity index (χ1v) is 13.1. The molecule has 2 atom stereocenters. The van der Waals surface area contributed by atoms with Gasteiger partial charge in [0.2, 0.25) is 16.8 Å². The lowest BCUT2D eigenvalue weighted by Crippen LogP contribution is -2.42. The zero-order valence-corrected chi connectivity index (χ0v) is 21.0. The minimum absolute atomic E-state index is 0.0505. The van der Waals surface area contributed by atoms with E-state index >= 15 is 0 Å². The molecule has 186 valence electrons. The normalized spacial score (nSPS) is 17.1. The minimum atomic E-state index is -2.83. The van der Waals surface area contributed by atoms with Gasteiger partial charge in [0.1, 0.15) is 12.4 Å². The molecule has 35 heavy (non-hydrogen) atoms. The van der Waals surface area contributed by atoms with Gasteiger partial charge in [-0.2, -0.15) is 0 Å². The number of hydrogen-bond acceptors (Lipinski definition) is 5. The molecular weight excluding hydrogens is 464 g/mol. The maximum absolute atomic E-state index is 12.2. The van der Waals surface area contributed by atoms with Gasteiger partial charge < -0.3 is 14.6 Å². The highest BCUT2D eigenvalue weighted by atomic mass is 32.2. The van der Waals surface area contributed by atoms with Crippen LogP contribution in [0.4, 0.5) is 5.82 Å². The zero-order chi connectivity index (χ0) is 24.8. The minimum Gasteiger partial charge on any atom is -0.492 e. The number of benzene rings is 2. The molecule has 0 saturated carbocycles. The molecule has 4 rings (SSSR count). The Balaban J connectivity index is 1.52. The number of nitrogens with one attached hydrogen (secondary N) is 1. The van der Waals surface area contributed by atoms with Crippen LogP contribution in [0, 0.1) is 0 Å². The van der Waals surface area contributed by atoms with Gasteiger partial charge in [0, 0.05) is 31.6 Å². The molecule has 0 saturated heterocycles. The molecule has 1 heterocycles. The van der Waals surface area contributed by atoms with Crippen LogP contribution in [-0.2, 0) is 35.6 Å². The second-order valence-corrected chi connectivity index (χ2v) is 9.79. The van der Waals surface area contributed by atoms with Gasteiger partial charge in [-0.1, -0.05) is 43.3 Å². The Kier molecular flexibility index (Phi) is 8.07. The lowest BCUT2D eigenvalue weighted by molar-refractivity contribution is -0.121. The summed E-state index contributed by atoms with van der Waals surface area (Å²) in [5.41, 5.74) is 3.66. The number of fused-ring (bicyclic) bond motifs is 1. The predicted octanol–water partition coefficient (Wildman–Crippen LogP) is 3.00. The van der Waals surface area contributed by atoms with Crippen molar-refractivity contribution in [3.63, 3.8) is 0 Å². The van der Waals surface area contributed by atoms with Crippen LogP contribution in [-0.4, -0.2) is 43.1 Å². The van der Waals surface area contributed by atoms with Gasteiger partial charge in [-0.05, 0) is 48.1 Å². The first-order valence-electron chi connectivity index (χ1n) is 11.9. The van der Waals surface area contributed by atoms with Crippen LogP contribution in [0.25, 0.3) is 0 Å². The van der Waals surface area contributed by atoms with Crippen molar-refractivity contribution < 1.29 is 17.9 Å². The SMILES string of the molecule is CCC(=O)NC1CCc2ccc(OCCN(c3cn(C)cn3)[SH](=O)=O)cc2C1Cc1ccccc1. The first kappa shape index (κ1) is 24.8. The Morgan fingerprint density at radius 2 is 2.03 bits per heavy atom. The zero-order valence-electron chi connectivity index (χ0n) is 20.1. The monoisotopic (exact) mass is 496 g/mol. The van der Waals surface area contributed by atoms with Gasteiger partial charge in [-0.15, -0.1) is 0 Å². The number of imidazole rings is 1. The highest BCUT2D eigenvalue weighted by Gasteiger charge is 2.31. The van der Waals surface area contributed by atoms with Crippen molar-refractivity contribution in [1.82, 2.24) is 14.9 Å². The Morgan fingerprint density at radius 1 is 1.23 bits per heavy atom. The molecule has 0 fully saturated rings. The molecule has 0 bridgehead atoms. The quantitative estimate of drug-likeness (QED) is 0.421. The number of ether oxygens (including phenoxy) is 1. The third-order valence-electron chi connectivity index (χ3n) is 6.42. The van der Waals surface area contributed by atoms with Crippen molar-refractivity contribution in [1.29, 1.82) is 0 Å². The standard InChI is InChI=1S/C26H32N4O4S/c1-3-26(31)28-24-12-10-20-9-11-21(16-22(20)23(24)15-19-7-5-4-6-8-19)34-14-13-30(35(32)33)25-17-29(2)18-27-25/h4-9,11,16-18,23-24,35H,3,10,12-15H2,1-2H3,(H,28,31). The van der Waals surface area contributed by atoms with Crippen LogP contribution in [0.1, 0.15) is 42.4 Å². The van der Waals surface area contributed by atoms with Crippen LogP contribution in [0.3, 0.4) is 0 Å². The van der Waals surface area contributed by atoms with Crippen molar-refractivity contribution in [2.24, 2.45) is 7.05 Å². The van der Waals surface area contributed by atoms with Crippen LogP contribution >= 0.6 is 0 Å². The molecule has 0 aliphatic heterocycles. The fraction of sp³-hybridized carbons (Fsp3) is 0.385. The van der Waals surface area contributed by atoms with Crippen molar-refractivity contribution in [3.05, 3.63) is 77.7 Å². The number of amides is 1. The van der Waals surface area contributed by atoms with Crippen molar-refractivity contribution in [2.45, 2.75) is 44.6 Å². The number of anilines is 1. The van der Waals surface area contributed by atoms with Crippen LogP contribution in [0.15, 0.2) is 61.1 Å². The molecular formula is C26H32N4O4S. The number of hydrogen-bond donors (Lipinski definition) is 2. The summed E-state index contributed by atoms with van der Waals surface area (Å²) in [5, 5.41) is 3.23. The second-order valence-electron chi connectivity index (χ2n) is 8.83. The van der Waals surface area contributed by atoms with E-state index in [1.165, 1.54) is 21.0 Å². The average Bonchev–Trinajstić information content (AvgIpc) is 3.29. The van der Waals surface area contributed by atoms with Gasteiger partial charge in [-0.3, -0.25) is 9.10 Å². The fourth-order valence-corrected chi connectivity index (χ4v) is 5.14. The van der Waals surface area contributed by atoms with E-state index in [1.54, 1.807) is 24.1 Å². The van der Waals surface area contributed by atoms with Gasteiger partial charge in [0.15, 0.2) is 5.82 Å². The number of rotatable bonds is 10. The van der Waals surface area contributed by atoms with Crippen LogP contribution in [0.5, 0.6) is 5.75 Å². The molecule has 9 heteroatoms. The van der Waals surface area contributed by atoms with Crippen molar-refractivity contribution >= 4 is 22.6 Å². The Hall–Kier alpha value is -3.33. The molecule has 1 aromatic heterocycles. The topological polar surface area (TPSA) is 93.5 Å². The Labute approximate surface area is 208 Å². The number of carbonyl (C=O) groups is 1. The van der Waals surface area contributed by atoms with E-state index < -0.39 is 10.9 Å². The van der Waals surface area contributed by atoms with Crippen molar-refractivity contribution in [3.8, 4) is 5.75 Å². The van der Waals surface area contributed by atoms with Gasteiger partial charge in [0.05, 0.1) is 12.9 Å². The fourth-order valence-electron chi connectivity index (χ4n) is 4.63. The molecule has 3 aromatic rings. The highest BCUT2D eigenvalue weighted by Crippen LogP contribution is 2.36. The molecule has 1 aliphatic rings. The smallest absolute Gasteiger partial charge is 0.226 e. The Bertz CT molecular complexity index is 1220. The third kappa shape index (κ3) is 6.22. The summed E-state index contributed by atoms with van der Waals surface area (Å²) < 4.78 is 32.4. The van der Waals surface area contributed by atoms with Gasteiger partial charge >= 0.3 is 0 Å². The van der Waals surface area contributed by atoms with Crippen LogP contribution in [0.2, 0.25) is 0 Å².